The standard InChI is InChI=1S/C25H19N5O3S/c26-13-18-15-27-14-17-4-7-19(11-21(17)18)29-25(31)23-12-22(23)16-5-8-20(9-6-16)34(32,33)30-24-3-1-2-10-28-24/h1-11,14-15,22-23H,12H2,(H,28,30)(H,29,31)/t22?,23-/m1/s1. The third-order valence-corrected chi connectivity index (χ3v) is 7.17. The molecule has 168 valence electrons. The van der Waals surface area contributed by atoms with Gasteiger partial charge in [-0.1, -0.05) is 24.3 Å². The Morgan fingerprint density at radius 1 is 1.06 bits per heavy atom. The number of carbonyl (C=O) groups is 1. The van der Waals surface area contributed by atoms with E-state index in [1.165, 1.54) is 24.5 Å². The van der Waals surface area contributed by atoms with E-state index >= 15 is 0 Å². The summed E-state index contributed by atoms with van der Waals surface area (Å²) >= 11 is 0. The minimum absolute atomic E-state index is 0.0276. The summed E-state index contributed by atoms with van der Waals surface area (Å²) in [7, 11) is -3.75. The van der Waals surface area contributed by atoms with Gasteiger partial charge in [0, 0.05) is 41.0 Å². The Bertz CT molecular complexity index is 1530. The van der Waals surface area contributed by atoms with Gasteiger partial charge in [0.25, 0.3) is 10.0 Å². The van der Waals surface area contributed by atoms with Gasteiger partial charge < -0.3 is 5.32 Å². The number of fused-ring (bicyclic) bond motifs is 1. The first kappa shape index (κ1) is 21.6. The molecule has 0 bridgehead atoms. The number of amides is 1. The van der Waals surface area contributed by atoms with Crippen molar-refractivity contribution in [2.45, 2.75) is 17.2 Å². The van der Waals surface area contributed by atoms with E-state index in [1.54, 1.807) is 48.7 Å². The van der Waals surface area contributed by atoms with Crippen molar-refractivity contribution in [1.29, 1.82) is 5.26 Å². The summed E-state index contributed by atoms with van der Waals surface area (Å²) in [6.45, 7) is 0. The lowest BCUT2D eigenvalue weighted by Crippen LogP contribution is -2.15. The Kier molecular flexibility index (Phi) is 5.43. The number of nitrogens with one attached hydrogen (secondary N) is 2. The van der Waals surface area contributed by atoms with Gasteiger partial charge >= 0.3 is 0 Å². The number of benzene rings is 2. The van der Waals surface area contributed by atoms with Crippen LogP contribution in [0.15, 0.2) is 84.1 Å². The van der Waals surface area contributed by atoms with E-state index in [2.05, 4.69) is 26.1 Å². The summed E-state index contributed by atoms with van der Waals surface area (Å²) < 4.78 is 27.6. The largest absolute Gasteiger partial charge is 0.326 e. The Hall–Kier alpha value is -4.29. The van der Waals surface area contributed by atoms with Crippen LogP contribution in [0.3, 0.4) is 0 Å². The van der Waals surface area contributed by atoms with Gasteiger partial charge in [0.2, 0.25) is 5.91 Å². The zero-order valence-corrected chi connectivity index (χ0v) is 18.7. The molecule has 0 aliphatic heterocycles. The Labute approximate surface area is 196 Å². The molecule has 0 saturated heterocycles. The highest BCUT2D eigenvalue weighted by Crippen LogP contribution is 2.48. The average molecular weight is 470 g/mol. The third-order valence-electron chi connectivity index (χ3n) is 5.80. The fraction of sp³-hybridized carbons (Fsp3) is 0.120. The number of rotatable bonds is 6. The molecule has 9 heteroatoms. The van der Waals surface area contributed by atoms with Crippen molar-refractivity contribution in [2.75, 3.05) is 10.0 Å². The van der Waals surface area contributed by atoms with Crippen molar-refractivity contribution < 1.29 is 13.2 Å². The second kappa shape index (κ2) is 8.57. The van der Waals surface area contributed by atoms with E-state index in [4.69, 9.17) is 0 Å². The van der Waals surface area contributed by atoms with E-state index < -0.39 is 10.0 Å². The first-order valence-electron chi connectivity index (χ1n) is 10.6. The van der Waals surface area contributed by atoms with Gasteiger partial charge in [-0.15, -0.1) is 0 Å². The monoisotopic (exact) mass is 469 g/mol. The molecule has 2 aromatic carbocycles. The van der Waals surface area contributed by atoms with Crippen molar-refractivity contribution in [3.05, 3.63) is 90.4 Å². The van der Waals surface area contributed by atoms with Crippen LogP contribution >= 0.6 is 0 Å². The summed E-state index contributed by atoms with van der Waals surface area (Å²) in [5.41, 5.74) is 1.98. The molecule has 1 unspecified atom stereocenters. The third kappa shape index (κ3) is 4.31. The zero-order valence-electron chi connectivity index (χ0n) is 17.8. The molecule has 1 aliphatic carbocycles. The van der Waals surface area contributed by atoms with E-state index in [0.29, 0.717) is 17.7 Å². The molecule has 1 amide bonds. The van der Waals surface area contributed by atoms with Crippen LogP contribution in [-0.4, -0.2) is 24.3 Å². The molecule has 1 fully saturated rings. The predicted molar refractivity (Wildman–Crippen MR) is 127 cm³/mol. The van der Waals surface area contributed by atoms with Gasteiger partial charge in [0.05, 0.1) is 10.5 Å². The molecule has 2 N–H and O–H groups in total. The van der Waals surface area contributed by atoms with E-state index in [1.807, 2.05) is 6.07 Å². The number of carbonyl (C=O) groups excluding carboxylic acids is 1. The molecule has 2 atom stereocenters. The Morgan fingerprint density at radius 2 is 1.88 bits per heavy atom. The lowest BCUT2D eigenvalue weighted by atomic mass is 10.1. The minimum Gasteiger partial charge on any atom is -0.326 e. The van der Waals surface area contributed by atoms with Crippen LogP contribution in [0.4, 0.5) is 11.5 Å². The van der Waals surface area contributed by atoms with Crippen molar-refractivity contribution >= 4 is 38.2 Å². The maximum absolute atomic E-state index is 12.8. The van der Waals surface area contributed by atoms with Crippen LogP contribution in [-0.2, 0) is 14.8 Å². The topological polar surface area (TPSA) is 125 Å². The molecule has 1 saturated carbocycles. The molecular formula is C25H19N5O3S. The Morgan fingerprint density at radius 3 is 2.62 bits per heavy atom. The summed E-state index contributed by atoms with van der Waals surface area (Å²) in [5, 5.41) is 13.8. The first-order chi connectivity index (χ1) is 16.4. The van der Waals surface area contributed by atoms with E-state index in [9.17, 15) is 18.5 Å². The van der Waals surface area contributed by atoms with Gasteiger partial charge in [-0.25, -0.2) is 13.4 Å². The molecule has 5 rings (SSSR count). The quantitative estimate of drug-likeness (QED) is 0.439. The first-order valence-corrected chi connectivity index (χ1v) is 12.1. The molecule has 2 aromatic heterocycles. The van der Waals surface area contributed by atoms with Crippen LogP contribution in [0, 0.1) is 17.2 Å². The van der Waals surface area contributed by atoms with Crippen molar-refractivity contribution in [2.24, 2.45) is 5.92 Å². The smallest absolute Gasteiger partial charge is 0.263 e. The molecule has 4 aromatic rings. The number of aromatic nitrogens is 2. The molecular weight excluding hydrogens is 450 g/mol. The SMILES string of the molecule is N#Cc1cncc2ccc(NC(=O)[C@@H]3CC3c3ccc(S(=O)(=O)Nc4ccccn4)cc3)cc12. The number of sulfonamides is 1. The van der Waals surface area contributed by atoms with Crippen molar-refractivity contribution in [3.63, 3.8) is 0 Å². The maximum Gasteiger partial charge on any atom is 0.263 e. The lowest BCUT2D eigenvalue weighted by molar-refractivity contribution is -0.117. The highest BCUT2D eigenvalue weighted by molar-refractivity contribution is 7.92. The van der Waals surface area contributed by atoms with Gasteiger partial charge in [0.15, 0.2) is 0 Å². The van der Waals surface area contributed by atoms with E-state index in [-0.39, 0.29) is 28.5 Å². The van der Waals surface area contributed by atoms with Crippen LogP contribution in [0.1, 0.15) is 23.5 Å². The highest BCUT2D eigenvalue weighted by Gasteiger charge is 2.44. The number of nitrogens with zero attached hydrogens (tertiary/aromatic N) is 3. The number of hydrogen-bond acceptors (Lipinski definition) is 6. The molecule has 2 heterocycles. The predicted octanol–water partition coefficient (Wildman–Crippen LogP) is 4.04. The van der Waals surface area contributed by atoms with E-state index in [0.717, 1.165) is 16.3 Å². The fourth-order valence-electron chi connectivity index (χ4n) is 3.93. The van der Waals surface area contributed by atoms with Gasteiger partial charge in [-0.2, -0.15) is 5.26 Å². The summed E-state index contributed by atoms with van der Waals surface area (Å²) in [6.07, 6.45) is 5.37. The summed E-state index contributed by atoms with van der Waals surface area (Å²) in [4.78, 5) is 20.9. The number of pyridine rings is 2. The van der Waals surface area contributed by atoms with Crippen LogP contribution in [0.5, 0.6) is 0 Å². The van der Waals surface area contributed by atoms with Gasteiger partial charge in [-0.3, -0.25) is 14.5 Å². The molecule has 0 radical (unpaired) electrons. The van der Waals surface area contributed by atoms with Crippen LogP contribution < -0.4 is 10.0 Å². The molecule has 0 spiro atoms. The normalized spacial score (nSPS) is 17.0. The maximum atomic E-state index is 12.8. The lowest BCUT2D eigenvalue weighted by Gasteiger charge is -2.09. The molecule has 1 aliphatic rings. The van der Waals surface area contributed by atoms with Crippen molar-refractivity contribution in [3.8, 4) is 6.07 Å². The number of anilines is 2. The minimum atomic E-state index is -3.75. The summed E-state index contributed by atoms with van der Waals surface area (Å²) in [6, 6.07) is 19.0. The molecule has 8 nitrogen and oxygen atoms in total. The Balaban J connectivity index is 1.26. The van der Waals surface area contributed by atoms with Gasteiger partial charge in [0.1, 0.15) is 11.9 Å². The van der Waals surface area contributed by atoms with Crippen LogP contribution in [0.2, 0.25) is 0 Å². The second-order valence-corrected chi connectivity index (χ2v) is 9.74. The van der Waals surface area contributed by atoms with Crippen molar-refractivity contribution in [1.82, 2.24) is 9.97 Å². The number of hydrogen-bond donors (Lipinski definition) is 2. The average Bonchev–Trinajstić information content (AvgIpc) is 3.65. The fourth-order valence-corrected chi connectivity index (χ4v) is 4.94. The van der Waals surface area contributed by atoms with Gasteiger partial charge in [-0.05, 0) is 54.3 Å². The zero-order chi connectivity index (χ0) is 23.7. The second-order valence-electron chi connectivity index (χ2n) is 8.06. The summed E-state index contributed by atoms with van der Waals surface area (Å²) in [5.74, 6) is -0.0275. The highest BCUT2D eigenvalue weighted by atomic mass is 32.2. The van der Waals surface area contributed by atoms with Crippen LogP contribution in [0.25, 0.3) is 10.8 Å². The molecule has 34 heavy (non-hydrogen) atoms. The number of nitriles is 1.